The third-order valence-electron chi connectivity index (χ3n) is 4.42. The van der Waals surface area contributed by atoms with E-state index >= 15 is 0 Å². The zero-order valence-electron chi connectivity index (χ0n) is 16.5. The van der Waals surface area contributed by atoms with Crippen molar-refractivity contribution in [2.75, 3.05) is 6.61 Å². The average Bonchev–Trinajstić information content (AvgIpc) is 2.99. The monoisotopic (exact) mass is 465 g/mol. The number of non-ortho nitro benzene ring substituents is 1. The number of hydrogen-bond donors (Lipinski definition) is 1. The number of rotatable bonds is 8. The third-order valence-corrected chi connectivity index (χ3v) is 5.95. The summed E-state index contributed by atoms with van der Waals surface area (Å²) in [6.45, 7) is 4.46. The first kappa shape index (κ1) is 22.6. The Morgan fingerprint density at radius 1 is 1.20 bits per heavy atom. The predicted octanol–water partition coefficient (Wildman–Crippen LogP) is 5.96. The molecule has 3 rings (SSSR count). The molecule has 0 atom stereocenters. The Morgan fingerprint density at radius 2 is 1.90 bits per heavy atom. The van der Waals surface area contributed by atoms with Crippen molar-refractivity contribution in [3.8, 4) is 0 Å². The minimum Gasteiger partial charge on any atom is -0.396 e. The highest BCUT2D eigenvalue weighted by atomic mass is 35.5. The van der Waals surface area contributed by atoms with Gasteiger partial charge < -0.3 is 9.67 Å². The van der Waals surface area contributed by atoms with Gasteiger partial charge >= 0.3 is 0 Å². The molecular weight excluding hydrogens is 445 g/mol. The van der Waals surface area contributed by atoms with Crippen LogP contribution in [0.1, 0.15) is 36.8 Å². The van der Waals surface area contributed by atoms with Crippen LogP contribution in [0.15, 0.2) is 52.4 Å². The van der Waals surface area contributed by atoms with Gasteiger partial charge in [0.25, 0.3) is 5.69 Å². The van der Waals surface area contributed by atoms with Gasteiger partial charge in [-0.25, -0.2) is 4.98 Å². The third kappa shape index (κ3) is 5.35. The number of nitrogens with zero attached hydrogens (tertiary/aromatic N) is 3. The van der Waals surface area contributed by atoms with Gasteiger partial charge in [0.1, 0.15) is 10.9 Å². The molecule has 9 heteroatoms. The summed E-state index contributed by atoms with van der Waals surface area (Å²) in [5.74, 6) is 0.870. The Morgan fingerprint density at radius 3 is 2.50 bits per heavy atom. The number of aromatic nitrogens is 2. The van der Waals surface area contributed by atoms with Crippen molar-refractivity contribution in [2.45, 2.75) is 42.7 Å². The zero-order valence-corrected chi connectivity index (χ0v) is 18.8. The normalized spacial score (nSPS) is 11.3. The number of halogens is 2. The topological polar surface area (TPSA) is 81.2 Å². The number of nitro groups is 1. The summed E-state index contributed by atoms with van der Waals surface area (Å²) in [5.41, 5.74) is 1.71. The van der Waals surface area contributed by atoms with Gasteiger partial charge in [-0.15, -0.1) is 0 Å². The van der Waals surface area contributed by atoms with Crippen molar-refractivity contribution >= 4 is 40.7 Å². The fourth-order valence-corrected chi connectivity index (χ4v) is 5.01. The Kier molecular flexibility index (Phi) is 7.41. The lowest BCUT2D eigenvalue weighted by Gasteiger charge is -2.14. The summed E-state index contributed by atoms with van der Waals surface area (Å²) >= 11 is 13.8. The van der Waals surface area contributed by atoms with Crippen LogP contribution in [0.5, 0.6) is 0 Å². The molecule has 1 aromatic heterocycles. The van der Waals surface area contributed by atoms with E-state index in [2.05, 4.69) is 13.8 Å². The van der Waals surface area contributed by atoms with E-state index < -0.39 is 4.92 Å². The molecule has 1 N–H and O–H groups in total. The molecule has 0 saturated heterocycles. The number of nitro benzene ring substituents is 1. The Bertz CT molecular complexity index is 1050. The molecule has 0 saturated carbocycles. The van der Waals surface area contributed by atoms with E-state index in [4.69, 9.17) is 28.2 Å². The van der Waals surface area contributed by atoms with E-state index in [9.17, 15) is 15.2 Å². The molecule has 0 aliphatic heterocycles. The molecule has 30 heavy (non-hydrogen) atoms. The van der Waals surface area contributed by atoms with Crippen LogP contribution in [0.4, 0.5) is 5.69 Å². The number of hydrogen-bond acceptors (Lipinski definition) is 5. The van der Waals surface area contributed by atoms with E-state index in [0.717, 1.165) is 27.0 Å². The number of imidazole rings is 1. The molecule has 0 bridgehead atoms. The van der Waals surface area contributed by atoms with Crippen LogP contribution in [-0.2, 0) is 13.0 Å². The van der Waals surface area contributed by atoms with Crippen LogP contribution in [0, 0.1) is 10.1 Å². The molecule has 2 aromatic carbocycles. The summed E-state index contributed by atoms with van der Waals surface area (Å²) in [5, 5.41) is 22.7. The van der Waals surface area contributed by atoms with Crippen molar-refractivity contribution in [2.24, 2.45) is 0 Å². The van der Waals surface area contributed by atoms with Crippen LogP contribution < -0.4 is 0 Å². The molecule has 0 spiro atoms. The summed E-state index contributed by atoms with van der Waals surface area (Å²) in [7, 11) is 0. The molecular formula is C21H21Cl2N3O3S. The minimum absolute atomic E-state index is 0.0382. The van der Waals surface area contributed by atoms with Crippen LogP contribution in [0.2, 0.25) is 10.0 Å². The van der Waals surface area contributed by atoms with E-state index in [1.165, 1.54) is 17.8 Å². The lowest BCUT2D eigenvalue weighted by atomic mass is 10.1. The predicted molar refractivity (Wildman–Crippen MR) is 120 cm³/mol. The molecule has 0 amide bonds. The first-order chi connectivity index (χ1) is 14.3. The smallest absolute Gasteiger partial charge is 0.269 e. The van der Waals surface area contributed by atoms with Crippen molar-refractivity contribution < 1.29 is 10.0 Å². The van der Waals surface area contributed by atoms with Gasteiger partial charge in [-0.3, -0.25) is 10.1 Å². The second-order valence-electron chi connectivity index (χ2n) is 7.07. The van der Waals surface area contributed by atoms with Crippen LogP contribution in [0.25, 0.3) is 0 Å². The molecule has 6 nitrogen and oxygen atoms in total. The van der Waals surface area contributed by atoms with Crippen molar-refractivity contribution in [1.82, 2.24) is 9.55 Å². The van der Waals surface area contributed by atoms with E-state index in [1.807, 2.05) is 22.8 Å². The Balaban J connectivity index is 2.09. The fraction of sp³-hybridized carbons (Fsp3) is 0.286. The van der Waals surface area contributed by atoms with Gasteiger partial charge in [-0.1, -0.05) is 60.9 Å². The first-order valence-electron chi connectivity index (χ1n) is 9.36. The maximum absolute atomic E-state index is 11.2. The van der Waals surface area contributed by atoms with Crippen molar-refractivity contribution in [3.63, 3.8) is 0 Å². The number of aliphatic hydroxyl groups is 1. The lowest BCUT2D eigenvalue weighted by molar-refractivity contribution is -0.384. The molecule has 0 unspecified atom stereocenters. The molecule has 158 valence electrons. The maximum Gasteiger partial charge on any atom is 0.269 e. The quantitative estimate of drug-likeness (QED) is 0.328. The second-order valence-corrected chi connectivity index (χ2v) is 9.00. The van der Waals surface area contributed by atoms with Crippen molar-refractivity contribution in [3.05, 3.63) is 79.7 Å². The van der Waals surface area contributed by atoms with Crippen molar-refractivity contribution in [1.29, 1.82) is 0 Å². The molecule has 1 heterocycles. The van der Waals surface area contributed by atoms with Crippen LogP contribution >= 0.6 is 35.0 Å². The van der Waals surface area contributed by atoms with Gasteiger partial charge in [-0.2, -0.15) is 0 Å². The summed E-state index contributed by atoms with van der Waals surface area (Å²) in [4.78, 5) is 16.4. The summed E-state index contributed by atoms with van der Waals surface area (Å²) in [6.07, 6.45) is 0.380. The van der Waals surface area contributed by atoms with Gasteiger partial charge in [-0.05, 0) is 29.7 Å². The summed E-state index contributed by atoms with van der Waals surface area (Å²) in [6, 6.07) is 11.9. The van der Waals surface area contributed by atoms with Gasteiger partial charge in [0.15, 0.2) is 0 Å². The van der Waals surface area contributed by atoms with Gasteiger partial charge in [0.05, 0.1) is 23.8 Å². The standard InChI is InChI=1S/C21H21Cl2N3O3S/c1-13(2)20-21(30-18-10-15(22)9-16(23)11-18)25(19(24-20)6-7-27)12-14-4-3-5-17(8-14)26(28)29/h3-5,8-11,13,27H,6-7,12H2,1-2H3. The molecule has 0 radical (unpaired) electrons. The number of benzene rings is 2. The minimum atomic E-state index is -0.408. The Labute approximate surface area is 189 Å². The Hall–Kier alpha value is -2.06. The average molecular weight is 466 g/mol. The van der Waals surface area contributed by atoms with Crippen LogP contribution in [0.3, 0.4) is 0 Å². The molecule has 0 aliphatic carbocycles. The van der Waals surface area contributed by atoms with E-state index in [-0.39, 0.29) is 18.2 Å². The molecule has 3 aromatic rings. The highest BCUT2D eigenvalue weighted by molar-refractivity contribution is 7.99. The zero-order chi connectivity index (χ0) is 21.8. The SMILES string of the molecule is CC(C)c1nc(CCO)n(Cc2cccc([N+](=O)[O-])c2)c1Sc1cc(Cl)cc(Cl)c1. The highest BCUT2D eigenvalue weighted by Crippen LogP contribution is 2.37. The van der Waals surface area contributed by atoms with E-state index in [1.54, 1.807) is 18.2 Å². The van der Waals surface area contributed by atoms with Gasteiger partial charge in [0.2, 0.25) is 0 Å². The second kappa shape index (κ2) is 9.83. The molecule has 0 aliphatic rings. The largest absolute Gasteiger partial charge is 0.396 e. The maximum atomic E-state index is 11.2. The fourth-order valence-electron chi connectivity index (χ4n) is 3.09. The molecule has 0 fully saturated rings. The number of aliphatic hydroxyl groups excluding tert-OH is 1. The first-order valence-corrected chi connectivity index (χ1v) is 10.9. The summed E-state index contributed by atoms with van der Waals surface area (Å²) < 4.78 is 2.00. The van der Waals surface area contributed by atoms with E-state index in [0.29, 0.717) is 23.0 Å². The van der Waals surface area contributed by atoms with Gasteiger partial charge in [0, 0.05) is 33.5 Å². The van der Waals surface area contributed by atoms with Crippen LogP contribution in [-0.4, -0.2) is 26.2 Å². The highest BCUT2D eigenvalue weighted by Gasteiger charge is 2.21. The lowest BCUT2D eigenvalue weighted by Crippen LogP contribution is -2.08.